The van der Waals surface area contributed by atoms with Gasteiger partial charge in [-0.3, -0.25) is 9.78 Å². The average molecular weight is 351 g/mol. The summed E-state index contributed by atoms with van der Waals surface area (Å²) in [5.41, 5.74) is 3.16. The fraction of sp³-hybridized carbons (Fsp3) is 0.500. The number of hydrogen-bond acceptors (Lipinski definition) is 5. The minimum atomic E-state index is -0.149. The van der Waals surface area contributed by atoms with Crippen molar-refractivity contribution in [1.29, 1.82) is 0 Å². The number of nitrogens with zero attached hydrogens (tertiary/aromatic N) is 4. The van der Waals surface area contributed by atoms with Crippen molar-refractivity contribution in [2.24, 2.45) is 0 Å². The van der Waals surface area contributed by atoms with Crippen molar-refractivity contribution in [1.82, 2.24) is 19.9 Å². The van der Waals surface area contributed by atoms with Crippen LogP contribution in [0.25, 0.3) is 11.4 Å². The van der Waals surface area contributed by atoms with Gasteiger partial charge in [-0.25, -0.2) is 9.97 Å². The van der Waals surface area contributed by atoms with Crippen LogP contribution in [0.15, 0.2) is 24.5 Å². The molecule has 0 bridgehead atoms. The van der Waals surface area contributed by atoms with Crippen molar-refractivity contribution in [2.75, 3.05) is 11.9 Å². The summed E-state index contributed by atoms with van der Waals surface area (Å²) >= 11 is 0. The normalized spacial score (nSPS) is 19.7. The molecule has 2 aromatic heterocycles. The number of carbonyl (C=O) groups excluding carboxylic acids is 1. The van der Waals surface area contributed by atoms with Crippen molar-refractivity contribution in [2.45, 2.75) is 58.0 Å². The first-order chi connectivity index (χ1) is 12.4. The van der Waals surface area contributed by atoms with Gasteiger partial charge in [0.1, 0.15) is 5.82 Å². The predicted molar refractivity (Wildman–Crippen MR) is 101 cm³/mol. The lowest BCUT2D eigenvalue weighted by Gasteiger charge is -2.32. The van der Waals surface area contributed by atoms with E-state index in [2.05, 4.69) is 31.1 Å². The Bertz CT molecular complexity index is 828. The highest BCUT2D eigenvalue weighted by molar-refractivity contribution is 5.81. The molecule has 6 heteroatoms. The van der Waals surface area contributed by atoms with Gasteiger partial charge in [0.15, 0.2) is 5.82 Å². The molecule has 1 amide bonds. The molecule has 1 atom stereocenters. The van der Waals surface area contributed by atoms with Gasteiger partial charge in [-0.05, 0) is 52.2 Å². The summed E-state index contributed by atoms with van der Waals surface area (Å²) in [6.45, 7) is 6.96. The number of carbonyl (C=O) groups is 1. The molecule has 1 saturated heterocycles. The van der Waals surface area contributed by atoms with Crippen LogP contribution in [0.2, 0.25) is 0 Å². The Morgan fingerprint density at radius 1 is 1.15 bits per heavy atom. The first-order valence-corrected chi connectivity index (χ1v) is 9.29. The molecule has 6 nitrogen and oxygen atoms in total. The molecule has 2 aromatic rings. The maximum absolute atomic E-state index is 12.4. The summed E-state index contributed by atoms with van der Waals surface area (Å²) in [4.78, 5) is 28.0. The van der Waals surface area contributed by atoms with Crippen LogP contribution >= 0.6 is 0 Å². The van der Waals surface area contributed by atoms with E-state index in [0.29, 0.717) is 13.0 Å². The lowest BCUT2D eigenvalue weighted by molar-refractivity contribution is -0.131. The van der Waals surface area contributed by atoms with Crippen molar-refractivity contribution >= 4 is 11.7 Å². The molecule has 4 rings (SSSR count). The molecule has 0 aromatic carbocycles. The van der Waals surface area contributed by atoms with Gasteiger partial charge in [0, 0.05) is 47.7 Å². The van der Waals surface area contributed by atoms with Crippen LogP contribution in [0, 0.1) is 0 Å². The number of rotatable bonds is 3. The van der Waals surface area contributed by atoms with Gasteiger partial charge in [0.25, 0.3) is 0 Å². The topological polar surface area (TPSA) is 71.0 Å². The molecule has 1 N–H and O–H groups in total. The molecular formula is C20H25N5O. The Labute approximate surface area is 154 Å². The van der Waals surface area contributed by atoms with Crippen molar-refractivity contribution in [3.05, 3.63) is 35.8 Å². The maximum Gasteiger partial charge on any atom is 0.225 e. The van der Waals surface area contributed by atoms with Gasteiger partial charge in [-0.2, -0.15) is 0 Å². The minimum absolute atomic E-state index is 0.0895. The van der Waals surface area contributed by atoms with Crippen LogP contribution in [0.4, 0.5) is 5.82 Å². The van der Waals surface area contributed by atoms with Crippen LogP contribution < -0.4 is 5.32 Å². The van der Waals surface area contributed by atoms with E-state index in [4.69, 9.17) is 9.97 Å². The Balaban J connectivity index is 1.63. The standard InChI is InChI=1S/C20H25N5O/c1-20(2,3)25-12-14(11-17(25)26)22-19-15-5-4-6-16(15)23-18(24-19)13-7-9-21-10-8-13/h7-10,14H,4-6,11-12H2,1-3H3,(H,22,23,24). The Morgan fingerprint density at radius 3 is 2.62 bits per heavy atom. The number of fused-ring (bicyclic) bond motifs is 1. The van der Waals surface area contributed by atoms with Crippen LogP contribution in [-0.2, 0) is 17.6 Å². The molecule has 1 unspecified atom stereocenters. The SMILES string of the molecule is CC(C)(C)N1CC(Nc2nc(-c3ccncc3)nc3c2CCC3)CC1=O. The van der Waals surface area contributed by atoms with E-state index in [1.807, 2.05) is 17.0 Å². The molecule has 0 radical (unpaired) electrons. The van der Waals surface area contributed by atoms with Crippen LogP contribution in [-0.4, -0.2) is 43.9 Å². The Hall–Kier alpha value is -2.50. The number of likely N-dealkylation sites (tertiary alicyclic amines) is 1. The van der Waals surface area contributed by atoms with Crippen LogP contribution in [0.3, 0.4) is 0 Å². The molecule has 2 aliphatic rings. The van der Waals surface area contributed by atoms with Crippen molar-refractivity contribution < 1.29 is 4.79 Å². The molecule has 0 spiro atoms. The minimum Gasteiger partial charge on any atom is -0.365 e. The second-order valence-electron chi connectivity index (χ2n) is 8.13. The highest BCUT2D eigenvalue weighted by Crippen LogP contribution is 2.31. The van der Waals surface area contributed by atoms with E-state index in [9.17, 15) is 4.79 Å². The lowest BCUT2D eigenvalue weighted by Crippen LogP contribution is -2.43. The van der Waals surface area contributed by atoms with Gasteiger partial charge in [0.05, 0.1) is 6.04 Å². The molecule has 26 heavy (non-hydrogen) atoms. The largest absolute Gasteiger partial charge is 0.365 e. The van der Waals surface area contributed by atoms with E-state index in [1.54, 1.807) is 12.4 Å². The van der Waals surface area contributed by atoms with Gasteiger partial charge >= 0.3 is 0 Å². The third-order valence-electron chi connectivity index (χ3n) is 5.15. The third kappa shape index (κ3) is 3.16. The molecule has 136 valence electrons. The number of aromatic nitrogens is 3. The van der Waals surface area contributed by atoms with E-state index in [1.165, 1.54) is 5.56 Å². The Kier molecular flexibility index (Phi) is 4.13. The van der Waals surface area contributed by atoms with Crippen LogP contribution in [0.5, 0.6) is 0 Å². The van der Waals surface area contributed by atoms with E-state index >= 15 is 0 Å². The number of nitrogens with one attached hydrogen (secondary N) is 1. The zero-order chi connectivity index (χ0) is 18.3. The smallest absolute Gasteiger partial charge is 0.225 e. The van der Waals surface area contributed by atoms with Gasteiger partial charge in [-0.15, -0.1) is 0 Å². The molecule has 0 saturated carbocycles. The fourth-order valence-corrected chi connectivity index (χ4v) is 3.83. The summed E-state index contributed by atoms with van der Waals surface area (Å²) in [6.07, 6.45) is 7.13. The second kappa shape index (κ2) is 6.34. The number of pyridine rings is 1. The first kappa shape index (κ1) is 16.9. The van der Waals surface area contributed by atoms with E-state index < -0.39 is 0 Å². The second-order valence-corrected chi connectivity index (χ2v) is 8.13. The maximum atomic E-state index is 12.4. The molecule has 1 aliphatic heterocycles. The van der Waals surface area contributed by atoms with Crippen LogP contribution in [0.1, 0.15) is 44.9 Å². The molecular weight excluding hydrogens is 326 g/mol. The molecule has 1 aliphatic carbocycles. The Morgan fingerprint density at radius 2 is 1.92 bits per heavy atom. The quantitative estimate of drug-likeness (QED) is 0.921. The summed E-state index contributed by atoms with van der Waals surface area (Å²) in [5, 5.41) is 3.55. The summed E-state index contributed by atoms with van der Waals surface area (Å²) < 4.78 is 0. The number of amides is 1. The van der Waals surface area contributed by atoms with Crippen molar-refractivity contribution in [3.8, 4) is 11.4 Å². The summed E-state index contributed by atoms with van der Waals surface area (Å²) in [6, 6.07) is 3.95. The van der Waals surface area contributed by atoms with Gasteiger partial charge in [0.2, 0.25) is 5.91 Å². The lowest BCUT2D eigenvalue weighted by atomic mass is 10.1. The summed E-state index contributed by atoms with van der Waals surface area (Å²) in [5.74, 6) is 1.83. The fourth-order valence-electron chi connectivity index (χ4n) is 3.83. The third-order valence-corrected chi connectivity index (χ3v) is 5.15. The summed E-state index contributed by atoms with van der Waals surface area (Å²) in [7, 11) is 0. The number of anilines is 1. The van der Waals surface area contributed by atoms with Gasteiger partial charge < -0.3 is 10.2 Å². The highest BCUT2D eigenvalue weighted by atomic mass is 16.2. The number of hydrogen-bond donors (Lipinski definition) is 1. The zero-order valence-electron chi connectivity index (χ0n) is 15.6. The monoisotopic (exact) mass is 351 g/mol. The first-order valence-electron chi connectivity index (χ1n) is 9.29. The van der Waals surface area contributed by atoms with E-state index in [0.717, 1.165) is 42.2 Å². The molecule has 1 fully saturated rings. The number of aryl methyl sites for hydroxylation is 1. The average Bonchev–Trinajstić information content (AvgIpc) is 3.21. The van der Waals surface area contributed by atoms with E-state index in [-0.39, 0.29) is 17.5 Å². The molecule has 3 heterocycles. The van der Waals surface area contributed by atoms with Crippen molar-refractivity contribution in [3.63, 3.8) is 0 Å². The highest BCUT2D eigenvalue weighted by Gasteiger charge is 2.36. The van der Waals surface area contributed by atoms with Gasteiger partial charge in [-0.1, -0.05) is 0 Å². The predicted octanol–water partition coefficient (Wildman–Crippen LogP) is 2.84. The zero-order valence-corrected chi connectivity index (χ0v) is 15.6.